The molecule has 2 aromatic carbocycles. The van der Waals surface area contributed by atoms with Gasteiger partial charge in [-0.1, -0.05) is 36.8 Å². The second kappa shape index (κ2) is 9.25. The van der Waals surface area contributed by atoms with Gasteiger partial charge in [0.1, 0.15) is 6.04 Å². The van der Waals surface area contributed by atoms with Crippen molar-refractivity contribution in [3.8, 4) is 0 Å². The number of benzene rings is 2. The highest BCUT2D eigenvalue weighted by Crippen LogP contribution is 2.27. The van der Waals surface area contributed by atoms with Crippen molar-refractivity contribution >= 4 is 27.3 Å². The molecule has 2 aromatic rings. The van der Waals surface area contributed by atoms with Crippen LogP contribution in [0.4, 0.5) is 11.4 Å². The number of nitro groups is 1. The van der Waals surface area contributed by atoms with Crippen LogP contribution in [-0.4, -0.2) is 31.5 Å². The van der Waals surface area contributed by atoms with E-state index in [1.807, 2.05) is 39.0 Å². The van der Waals surface area contributed by atoms with E-state index in [9.17, 15) is 23.3 Å². The Morgan fingerprint density at radius 2 is 1.87 bits per heavy atom. The number of hydrogen-bond acceptors (Lipinski definition) is 5. The number of carbonyl (C=O) groups is 1. The second-order valence-corrected chi connectivity index (χ2v) is 9.21. The first-order chi connectivity index (χ1) is 14.0. The van der Waals surface area contributed by atoms with E-state index in [2.05, 4.69) is 5.32 Å². The lowest BCUT2D eigenvalue weighted by atomic mass is 10.00. The van der Waals surface area contributed by atoms with Crippen LogP contribution in [0.25, 0.3) is 0 Å². The molecule has 0 saturated carbocycles. The molecule has 0 fully saturated rings. The minimum absolute atomic E-state index is 0.0767. The zero-order valence-corrected chi connectivity index (χ0v) is 18.6. The molecule has 2 rings (SSSR count). The van der Waals surface area contributed by atoms with E-state index in [1.54, 1.807) is 6.92 Å². The topological polar surface area (TPSA) is 110 Å². The van der Waals surface area contributed by atoms with E-state index >= 15 is 0 Å². The minimum Gasteiger partial charge on any atom is -0.348 e. The summed E-state index contributed by atoms with van der Waals surface area (Å²) in [7, 11) is -3.88. The summed E-state index contributed by atoms with van der Waals surface area (Å²) in [6.45, 7) is 7.46. The summed E-state index contributed by atoms with van der Waals surface area (Å²) in [4.78, 5) is 23.6. The molecule has 0 aromatic heterocycles. The Labute approximate surface area is 177 Å². The number of anilines is 1. The van der Waals surface area contributed by atoms with Gasteiger partial charge < -0.3 is 5.32 Å². The molecule has 0 saturated heterocycles. The number of nitrogens with one attached hydrogen (secondary N) is 1. The molecule has 30 heavy (non-hydrogen) atoms. The minimum atomic E-state index is -3.88. The molecular formula is C21H27N3O5S. The average molecular weight is 434 g/mol. The molecule has 162 valence electrons. The Morgan fingerprint density at radius 3 is 2.40 bits per heavy atom. The second-order valence-electron chi connectivity index (χ2n) is 7.35. The van der Waals surface area contributed by atoms with Crippen LogP contribution in [0, 0.1) is 24.0 Å². The Hall–Kier alpha value is -2.94. The molecule has 0 bridgehead atoms. The normalized spacial score (nSPS) is 13.4. The van der Waals surface area contributed by atoms with Gasteiger partial charge in [0.25, 0.3) is 5.69 Å². The molecule has 1 amide bonds. The third-order valence-corrected chi connectivity index (χ3v) is 6.06. The third-order valence-electron chi connectivity index (χ3n) is 4.88. The zero-order chi connectivity index (χ0) is 22.6. The molecule has 0 heterocycles. The summed E-state index contributed by atoms with van der Waals surface area (Å²) < 4.78 is 26.0. The predicted molar refractivity (Wildman–Crippen MR) is 117 cm³/mol. The van der Waals surface area contributed by atoms with Gasteiger partial charge in [-0.25, -0.2) is 8.42 Å². The zero-order valence-electron chi connectivity index (χ0n) is 17.7. The van der Waals surface area contributed by atoms with Crippen LogP contribution in [0.3, 0.4) is 0 Å². The average Bonchev–Trinajstić information content (AvgIpc) is 2.64. The first-order valence-corrected chi connectivity index (χ1v) is 11.4. The van der Waals surface area contributed by atoms with Crippen LogP contribution in [0.1, 0.15) is 43.0 Å². The Bertz CT molecular complexity index is 1050. The van der Waals surface area contributed by atoms with Crippen molar-refractivity contribution < 1.29 is 18.1 Å². The van der Waals surface area contributed by atoms with Gasteiger partial charge in [-0.15, -0.1) is 0 Å². The number of amides is 1. The molecule has 9 heteroatoms. The fraction of sp³-hybridized carbons (Fsp3) is 0.381. The standard InChI is InChI=1S/C21H27N3O5S/c1-6-20(21(25)22-16(4)19-11-10-14(2)12-15(19)3)23(30(5,28)29)17-8-7-9-18(13-17)24(26)27/h7-13,16,20H,6H2,1-5H3,(H,22,25)/t16-,20+/m1/s1. The molecule has 0 aliphatic rings. The van der Waals surface area contributed by atoms with E-state index in [0.29, 0.717) is 0 Å². The third kappa shape index (κ3) is 5.35. The largest absolute Gasteiger partial charge is 0.348 e. The highest BCUT2D eigenvalue weighted by molar-refractivity contribution is 7.92. The van der Waals surface area contributed by atoms with Crippen LogP contribution < -0.4 is 9.62 Å². The van der Waals surface area contributed by atoms with Crippen LogP contribution >= 0.6 is 0 Å². The number of sulfonamides is 1. The maximum Gasteiger partial charge on any atom is 0.271 e. The lowest BCUT2D eigenvalue weighted by molar-refractivity contribution is -0.384. The van der Waals surface area contributed by atoms with E-state index in [1.165, 1.54) is 18.2 Å². The number of nitro benzene ring substituents is 1. The van der Waals surface area contributed by atoms with Gasteiger partial charge in [0.15, 0.2) is 0 Å². The van der Waals surface area contributed by atoms with Crippen molar-refractivity contribution in [1.82, 2.24) is 5.32 Å². The van der Waals surface area contributed by atoms with Crippen molar-refractivity contribution in [2.24, 2.45) is 0 Å². The number of carbonyl (C=O) groups excluding carboxylic acids is 1. The van der Waals surface area contributed by atoms with Gasteiger partial charge in [-0.05, 0) is 44.4 Å². The fourth-order valence-corrected chi connectivity index (χ4v) is 4.71. The number of rotatable bonds is 8. The maximum absolute atomic E-state index is 13.1. The molecule has 0 unspecified atom stereocenters. The van der Waals surface area contributed by atoms with E-state index < -0.39 is 26.9 Å². The number of aryl methyl sites for hydroxylation is 2. The smallest absolute Gasteiger partial charge is 0.271 e. The summed E-state index contributed by atoms with van der Waals surface area (Å²) in [5, 5.41) is 14.0. The van der Waals surface area contributed by atoms with Crippen molar-refractivity contribution in [1.29, 1.82) is 0 Å². The lowest BCUT2D eigenvalue weighted by Gasteiger charge is -2.31. The van der Waals surface area contributed by atoms with Crippen LogP contribution in [0.15, 0.2) is 42.5 Å². The van der Waals surface area contributed by atoms with Gasteiger partial charge >= 0.3 is 0 Å². The summed E-state index contributed by atoms with van der Waals surface area (Å²) in [6.07, 6.45) is 1.18. The van der Waals surface area contributed by atoms with E-state index in [0.717, 1.165) is 33.3 Å². The van der Waals surface area contributed by atoms with E-state index in [4.69, 9.17) is 0 Å². The molecule has 0 radical (unpaired) electrons. The Balaban J connectivity index is 2.38. The summed E-state index contributed by atoms with van der Waals surface area (Å²) in [5.74, 6) is -0.470. The van der Waals surface area contributed by atoms with Crippen LogP contribution in [0.5, 0.6) is 0 Å². The first kappa shape index (κ1) is 23.3. The van der Waals surface area contributed by atoms with Crippen molar-refractivity contribution in [3.05, 3.63) is 69.3 Å². The van der Waals surface area contributed by atoms with Crippen molar-refractivity contribution in [2.45, 2.75) is 46.2 Å². The molecule has 0 spiro atoms. The first-order valence-electron chi connectivity index (χ1n) is 9.57. The summed E-state index contributed by atoms with van der Waals surface area (Å²) >= 11 is 0. The number of non-ortho nitro benzene ring substituents is 1. The fourth-order valence-electron chi connectivity index (χ4n) is 3.50. The number of nitrogens with zero attached hydrogens (tertiary/aromatic N) is 2. The highest BCUT2D eigenvalue weighted by Gasteiger charge is 2.33. The van der Waals surface area contributed by atoms with E-state index in [-0.39, 0.29) is 23.8 Å². The van der Waals surface area contributed by atoms with Gasteiger partial charge in [-0.2, -0.15) is 0 Å². The summed E-state index contributed by atoms with van der Waals surface area (Å²) in [5.41, 5.74) is 2.89. The van der Waals surface area contributed by atoms with Crippen LogP contribution in [0.2, 0.25) is 0 Å². The van der Waals surface area contributed by atoms with Gasteiger partial charge in [-0.3, -0.25) is 19.2 Å². The summed E-state index contributed by atoms with van der Waals surface area (Å²) in [6, 6.07) is 9.79. The molecule has 8 nitrogen and oxygen atoms in total. The highest BCUT2D eigenvalue weighted by atomic mass is 32.2. The molecular weight excluding hydrogens is 406 g/mol. The van der Waals surface area contributed by atoms with Gasteiger partial charge in [0.05, 0.1) is 22.9 Å². The predicted octanol–water partition coefficient (Wildman–Crippen LogP) is 3.63. The maximum atomic E-state index is 13.1. The number of hydrogen-bond donors (Lipinski definition) is 1. The van der Waals surface area contributed by atoms with Crippen LogP contribution in [-0.2, 0) is 14.8 Å². The van der Waals surface area contributed by atoms with Gasteiger partial charge in [0.2, 0.25) is 15.9 Å². The lowest BCUT2D eigenvalue weighted by Crippen LogP contribution is -2.49. The molecule has 0 aliphatic carbocycles. The molecule has 0 aliphatic heterocycles. The Kier molecular flexibility index (Phi) is 7.20. The van der Waals surface area contributed by atoms with Crippen molar-refractivity contribution in [3.63, 3.8) is 0 Å². The molecule has 2 atom stereocenters. The quantitative estimate of drug-likeness (QED) is 0.505. The van der Waals surface area contributed by atoms with Gasteiger partial charge in [0, 0.05) is 12.1 Å². The van der Waals surface area contributed by atoms with Crippen molar-refractivity contribution in [2.75, 3.05) is 10.6 Å². The SMILES string of the molecule is CC[C@@H](C(=O)N[C@H](C)c1ccc(C)cc1C)N(c1cccc([N+](=O)[O-])c1)S(C)(=O)=O. The molecule has 1 N–H and O–H groups in total. The monoisotopic (exact) mass is 433 g/mol. The Morgan fingerprint density at radius 1 is 1.20 bits per heavy atom.